The maximum atomic E-state index is 11.4. The number of nitrogens with one attached hydrogen (secondary N) is 1. The van der Waals surface area contributed by atoms with Crippen molar-refractivity contribution in [1.29, 1.82) is 0 Å². The maximum absolute atomic E-state index is 11.4. The van der Waals surface area contributed by atoms with Crippen molar-refractivity contribution in [3.8, 4) is 0 Å². The Labute approximate surface area is 317 Å². The van der Waals surface area contributed by atoms with Gasteiger partial charge in [-0.2, -0.15) is 5.10 Å². The fraction of sp³-hybridized carbons (Fsp3) is 0.400. The lowest BCUT2D eigenvalue weighted by Gasteiger charge is -2.26. The molecule has 0 spiro atoms. The summed E-state index contributed by atoms with van der Waals surface area (Å²) in [6.45, 7) is 8.62. The minimum absolute atomic E-state index is 0.160. The number of fused-ring (bicyclic) bond motifs is 1. The Morgan fingerprint density at radius 3 is 2.34 bits per heavy atom. The summed E-state index contributed by atoms with van der Waals surface area (Å²) >= 11 is 0. The molecule has 1 aromatic carbocycles. The number of allylic oxidation sites excluding steroid dienone is 13. The number of aromatic nitrogens is 2. The van der Waals surface area contributed by atoms with Gasteiger partial charge in [0, 0.05) is 54.6 Å². The van der Waals surface area contributed by atoms with Crippen LogP contribution in [0.25, 0.3) is 0 Å². The first-order valence-electron chi connectivity index (χ1n) is 19.1. The molecule has 5 aliphatic rings. The number of carbonyl (C=O) groups excluding carboxylic acids is 2. The second-order valence-corrected chi connectivity index (χ2v) is 13.0. The molecular formula is C45H59N5O3. The van der Waals surface area contributed by atoms with Crippen LogP contribution in [0.4, 0.5) is 5.82 Å². The van der Waals surface area contributed by atoms with Crippen molar-refractivity contribution in [1.82, 2.24) is 15.1 Å². The lowest BCUT2D eigenvalue weighted by Crippen LogP contribution is -2.21. The summed E-state index contributed by atoms with van der Waals surface area (Å²) in [6.07, 6.45) is 34.0. The van der Waals surface area contributed by atoms with E-state index in [1.807, 2.05) is 49.9 Å². The van der Waals surface area contributed by atoms with E-state index in [0.29, 0.717) is 24.2 Å². The van der Waals surface area contributed by atoms with Crippen LogP contribution in [0, 0.1) is 12.8 Å². The van der Waals surface area contributed by atoms with Crippen LogP contribution >= 0.6 is 0 Å². The van der Waals surface area contributed by atoms with E-state index in [2.05, 4.69) is 78.1 Å². The zero-order valence-corrected chi connectivity index (χ0v) is 32.6. The Morgan fingerprint density at radius 2 is 1.70 bits per heavy atom. The third-order valence-corrected chi connectivity index (χ3v) is 8.84. The predicted octanol–water partition coefficient (Wildman–Crippen LogP) is 9.57. The number of aliphatic hydroxyl groups is 1. The molecule has 1 aliphatic heterocycles. The fourth-order valence-corrected chi connectivity index (χ4v) is 5.75. The second-order valence-electron chi connectivity index (χ2n) is 13.0. The molecule has 2 N–H and O–H groups in total. The highest BCUT2D eigenvalue weighted by atomic mass is 16.2. The molecule has 0 bridgehead atoms. The molecule has 2 fully saturated rings. The minimum Gasteiger partial charge on any atom is -0.400 e. The van der Waals surface area contributed by atoms with Crippen LogP contribution in [0.3, 0.4) is 0 Å². The van der Waals surface area contributed by atoms with Crippen LogP contribution in [-0.2, 0) is 16.3 Å². The largest absolute Gasteiger partial charge is 0.400 e. The van der Waals surface area contributed by atoms with Crippen LogP contribution in [0.1, 0.15) is 101 Å². The standard InChI is InChI=1S/C28H30N4.C11H13NO2.C3H6.C2H6.CH4O/c1-20-16-26(24-8-5-3-4-6-9-24)28(25-14-12-23(13-15-25)22-10-7-11-22)30-19-32-27(29-18-20)17-21(2)31-32;1-12-11(14)10-7-5-3-2-4-6-9(10)8-13;1-2-3-1;2*1-2/h3,5-6,8-9,12-18,20,22H,4,7,10-11,19H2,1-2H3;2-4,6,8H,5,7H2,1H3,(H,12,14);1-3H2;1-2H3;2H,1H3/b26-16-,29-18-,30-28-;3-2-,6-4-,10-9-;;;. The van der Waals surface area contributed by atoms with Gasteiger partial charge in [0.05, 0.1) is 11.4 Å². The van der Waals surface area contributed by atoms with Gasteiger partial charge >= 0.3 is 0 Å². The number of likely N-dealkylation sites (N-methyl/N-ethyl adjacent to an activating group) is 1. The number of benzene rings is 1. The quantitative estimate of drug-likeness (QED) is 0.300. The molecule has 7 rings (SSSR count). The van der Waals surface area contributed by atoms with Crippen molar-refractivity contribution in [2.75, 3.05) is 14.2 Å². The van der Waals surface area contributed by atoms with Gasteiger partial charge in [-0.25, -0.2) is 9.67 Å². The Morgan fingerprint density at radius 1 is 0.962 bits per heavy atom. The number of hydrogen-bond acceptors (Lipinski definition) is 6. The summed E-state index contributed by atoms with van der Waals surface area (Å²) in [6, 6.07) is 11.1. The van der Waals surface area contributed by atoms with E-state index in [1.165, 1.54) is 49.7 Å². The summed E-state index contributed by atoms with van der Waals surface area (Å²) in [4.78, 5) is 32.0. The van der Waals surface area contributed by atoms with Gasteiger partial charge in [-0.15, -0.1) is 0 Å². The van der Waals surface area contributed by atoms with Gasteiger partial charge in [0.15, 0.2) is 12.1 Å². The third kappa shape index (κ3) is 13.5. The van der Waals surface area contributed by atoms with Gasteiger partial charge in [-0.3, -0.25) is 14.6 Å². The first-order valence-corrected chi connectivity index (χ1v) is 19.1. The molecule has 2 saturated carbocycles. The number of amides is 1. The van der Waals surface area contributed by atoms with Gasteiger partial charge in [0.1, 0.15) is 6.67 Å². The summed E-state index contributed by atoms with van der Waals surface area (Å²) < 4.78 is 1.89. The molecule has 4 aliphatic carbocycles. The van der Waals surface area contributed by atoms with E-state index in [-0.39, 0.29) is 11.8 Å². The van der Waals surface area contributed by atoms with Gasteiger partial charge in [-0.05, 0) is 56.1 Å². The minimum atomic E-state index is -0.174. The second kappa shape index (κ2) is 23.6. The highest BCUT2D eigenvalue weighted by Gasteiger charge is 2.21. The number of carbonyl (C=O) groups is 2. The monoisotopic (exact) mass is 717 g/mol. The van der Waals surface area contributed by atoms with Crippen molar-refractivity contribution in [3.63, 3.8) is 0 Å². The first kappa shape index (κ1) is 42.5. The molecule has 2 heterocycles. The summed E-state index contributed by atoms with van der Waals surface area (Å²) in [5.74, 6) is 1.57. The number of nitrogens with zero attached hydrogens (tertiary/aromatic N) is 4. The van der Waals surface area contributed by atoms with Crippen LogP contribution in [0.2, 0.25) is 0 Å². The average molecular weight is 718 g/mol. The molecule has 2 aromatic rings. The zero-order valence-electron chi connectivity index (χ0n) is 32.6. The molecular weight excluding hydrogens is 659 g/mol. The molecule has 1 amide bonds. The zero-order chi connectivity index (χ0) is 38.4. The van der Waals surface area contributed by atoms with Crippen LogP contribution < -0.4 is 5.32 Å². The van der Waals surface area contributed by atoms with E-state index >= 15 is 0 Å². The van der Waals surface area contributed by atoms with E-state index < -0.39 is 0 Å². The Balaban J connectivity index is 0.000000299. The molecule has 8 nitrogen and oxygen atoms in total. The van der Waals surface area contributed by atoms with Gasteiger partial charge in [0.2, 0.25) is 5.91 Å². The molecule has 0 radical (unpaired) electrons. The normalized spacial score (nSPS) is 23.8. The fourth-order valence-electron chi connectivity index (χ4n) is 5.75. The molecule has 282 valence electrons. The van der Waals surface area contributed by atoms with Crippen LogP contribution in [0.15, 0.2) is 123 Å². The topological polar surface area (TPSA) is 109 Å². The van der Waals surface area contributed by atoms with Crippen molar-refractivity contribution in [2.24, 2.45) is 15.9 Å². The lowest BCUT2D eigenvalue weighted by molar-refractivity contribution is -0.117. The summed E-state index contributed by atoms with van der Waals surface area (Å²) in [5.41, 5.74) is 7.92. The van der Waals surface area contributed by atoms with Crippen molar-refractivity contribution in [3.05, 3.63) is 130 Å². The van der Waals surface area contributed by atoms with E-state index in [0.717, 1.165) is 60.5 Å². The third-order valence-electron chi connectivity index (χ3n) is 8.84. The number of aldehydes is 1. The van der Waals surface area contributed by atoms with Crippen molar-refractivity contribution in [2.45, 2.75) is 98.1 Å². The molecule has 1 aromatic heterocycles. The highest BCUT2D eigenvalue weighted by Crippen LogP contribution is 2.36. The van der Waals surface area contributed by atoms with Crippen molar-refractivity contribution < 1.29 is 14.7 Å². The molecule has 1 atom stereocenters. The van der Waals surface area contributed by atoms with E-state index in [4.69, 9.17) is 15.1 Å². The number of rotatable bonds is 5. The number of hydrogen-bond donors (Lipinski definition) is 2. The van der Waals surface area contributed by atoms with Crippen LogP contribution in [0.5, 0.6) is 0 Å². The Hall–Kier alpha value is -4.95. The number of aryl methyl sites for hydroxylation is 1. The highest BCUT2D eigenvalue weighted by molar-refractivity contribution is 6.16. The Kier molecular flexibility index (Phi) is 18.9. The van der Waals surface area contributed by atoms with E-state index in [9.17, 15) is 9.59 Å². The molecule has 53 heavy (non-hydrogen) atoms. The molecule has 1 unspecified atom stereocenters. The smallest absolute Gasteiger partial charge is 0.247 e. The SMILES string of the molecule is C1CC1.CC.CNC(=O)/C1=C(C=O)/C=C\C=C/CC1.CO.Cc1cc2n(n1)C/N=C(c1ccc(C3CCC3)cc1)\C(C1=CC=CCC=C1)=C/C(C)/C=N\2. The Bertz CT molecular complexity index is 1750. The average Bonchev–Trinajstić information content (AvgIpc) is 4.03. The van der Waals surface area contributed by atoms with E-state index in [1.54, 1.807) is 19.2 Å². The van der Waals surface area contributed by atoms with Gasteiger partial charge < -0.3 is 10.4 Å². The molecule has 8 heteroatoms. The number of aliphatic hydroxyl groups excluding tert-OH is 1. The predicted molar refractivity (Wildman–Crippen MR) is 221 cm³/mol. The van der Waals surface area contributed by atoms with Gasteiger partial charge in [0.25, 0.3) is 0 Å². The molecule has 0 saturated heterocycles. The first-order chi connectivity index (χ1) is 26.0. The van der Waals surface area contributed by atoms with Crippen molar-refractivity contribution >= 4 is 29.9 Å². The summed E-state index contributed by atoms with van der Waals surface area (Å²) in [7, 11) is 2.57. The number of aliphatic imine (C=N–C) groups is 2. The maximum Gasteiger partial charge on any atom is 0.247 e. The summed E-state index contributed by atoms with van der Waals surface area (Å²) in [5, 5.41) is 14.2. The van der Waals surface area contributed by atoms with Gasteiger partial charge in [-0.1, -0.05) is 131 Å². The van der Waals surface area contributed by atoms with Crippen LogP contribution in [-0.4, -0.2) is 53.2 Å². The lowest BCUT2D eigenvalue weighted by atomic mass is 9.79.